The molecule has 1 aromatic rings. The average molecular weight is 224 g/mol. The highest BCUT2D eigenvalue weighted by Gasteiger charge is 2.02. The van der Waals surface area contributed by atoms with Crippen molar-refractivity contribution in [3.63, 3.8) is 0 Å². The van der Waals surface area contributed by atoms with Crippen LogP contribution in [-0.2, 0) is 11.9 Å². The van der Waals surface area contributed by atoms with Gasteiger partial charge in [-0.1, -0.05) is 15.9 Å². The van der Waals surface area contributed by atoms with Crippen molar-refractivity contribution in [3.05, 3.63) is 17.2 Å². The number of hydrogen-bond acceptors (Lipinski definition) is 1. The van der Waals surface area contributed by atoms with Crippen molar-refractivity contribution in [1.82, 2.24) is 9.55 Å². The Kier molecular flexibility index (Phi) is 2.74. The molecular weight excluding hydrogens is 215 g/mol. The highest BCUT2D eigenvalue weighted by molar-refractivity contribution is 9.08. The molecule has 0 radical (unpaired) electrons. The summed E-state index contributed by atoms with van der Waals surface area (Å²) in [6.45, 7) is 2.92. The smallest absolute Gasteiger partial charge is 0.202 e. The number of rotatable bonds is 2. The fraction of sp³-hybridized carbons (Fsp3) is 0.500. The lowest BCUT2D eigenvalue weighted by Gasteiger charge is -2.01. The Morgan fingerprint density at radius 3 is 2.90 bits per heavy atom. The monoisotopic (exact) mass is 222 g/mol. The summed E-state index contributed by atoms with van der Waals surface area (Å²) in [6, 6.07) is 0. The summed E-state index contributed by atoms with van der Waals surface area (Å²) in [4.78, 5) is 3.96. The largest absolute Gasteiger partial charge is 0.318 e. The van der Waals surface area contributed by atoms with Gasteiger partial charge >= 0.3 is 0 Å². The van der Waals surface area contributed by atoms with E-state index in [1.54, 1.807) is 6.20 Å². The van der Waals surface area contributed by atoms with E-state index in [-0.39, 0.29) is 0 Å². The van der Waals surface area contributed by atoms with E-state index in [1.165, 1.54) is 0 Å². The first-order valence-electron chi connectivity index (χ1n) is 3.05. The molecule has 1 rings (SSSR count). The van der Waals surface area contributed by atoms with Gasteiger partial charge in [0.2, 0.25) is 5.28 Å². The molecule has 0 unspecified atom stereocenters. The quantitative estimate of drug-likeness (QED) is 0.704. The van der Waals surface area contributed by atoms with Crippen LogP contribution in [0.2, 0.25) is 5.28 Å². The summed E-state index contributed by atoms with van der Waals surface area (Å²) < 4.78 is 1.95. The van der Waals surface area contributed by atoms with E-state index in [1.807, 2.05) is 11.5 Å². The van der Waals surface area contributed by atoms with Crippen molar-refractivity contribution >= 4 is 27.5 Å². The molecule has 4 heteroatoms. The van der Waals surface area contributed by atoms with Crippen LogP contribution in [0, 0.1) is 0 Å². The lowest BCUT2D eigenvalue weighted by atomic mass is 10.5. The Labute approximate surface area is 73.3 Å². The maximum Gasteiger partial charge on any atom is 0.202 e. The zero-order valence-electron chi connectivity index (χ0n) is 5.64. The van der Waals surface area contributed by atoms with Gasteiger partial charge < -0.3 is 4.57 Å². The minimum atomic E-state index is 0.567. The normalized spacial score (nSPS) is 10.3. The van der Waals surface area contributed by atoms with Crippen LogP contribution in [0.3, 0.4) is 0 Å². The van der Waals surface area contributed by atoms with Crippen LogP contribution in [0.4, 0.5) is 0 Å². The average Bonchev–Trinajstić information content (AvgIpc) is 2.30. The third kappa shape index (κ3) is 1.35. The van der Waals surface area contributed by atoms with Gasteiger partial charge in [0.25, 0.3) is 0 Å². The number of aromatic nitrogens is 2. The first kappa shape index (κ1) is 8.08. The van der Waals surface area contributed by atoms with Gasteiger partial charge in [0.15, 0.2) is 0 Å². The molecule has 1 aromatic heterocycles. The second-order valence-electron chi connectivity index (χ2n) is 1.90. The zero-order valence-corrected chi connectivity index (χ0v) is 7.98. The van der Waals surface area contributed by atoms with E-state index in [0.29, 0.717) is 5.28 Å². The molecule has 0 atom stereocenters. The van der Waals surface area contributed by atoms with Gasteiger partial charge in [0, 0.05) is 17.6 Å². The van der Waals surface area contributed by atoms with Gasteiger partial charge in [-0.25, -0.2) is 4.98 Å². The van der Waals surface area contributed by atoms with Crippen LogP contribution in [0.1, 0.15) is 12.6 Å². The summed E-state index contributed by atoms with van der Waals surface area (Å²) in [5.41, 5.74) is 1.12. The third-order valence-corrected chi connectivity index (χ3v) is 2.22. The van der Waals surface area contributed by atoms with Crippen LogP contribution in [0.5, 0.6) is 0 Å². The summed E-state index contributed by atoms with van der Waals surface area (Å²) in [6.07, 6.45) is 1.78. The molecule has 0 N–H and O–H groups in total. The van der Waals surface area contributed by atoms with E-state index >= 15 is 0 Å². The molecule has 0 saturated carbocycles. The predicted octanol–water partition coefficient (Wildman–Crippen LogP) is 2.45. The van der Waals surface area contributed by atoms with Gasteiger partial charge in [0.05, 0.1) is 6.20 Å². The number of hydrogen-bond donors (Lipinski definition) is 0. The van der Waals surface area contributed by atoms with Crippen molar-refractivity contribution in [3.8, 4) is 0 Å². The Morgan fingerprint density at radius 1 is 1.80 bits per heavy atom. The maximum atomic E-state index is 5.75. The second-order valence-corrected chi connectivity index (χ2v) is 2.80. The lowest BCUT2D eigenvalue weighted by molar-refractivity contribution is 0.736. The standard InChI is InChI=1S/C6H8BrClN2/c1-2-10-5(3-7)4-9-6(10)8/h4H,2-3H2,1H3. The topological polar surface area (TPSA) is 17.8 Å². The van der Waals surface area contributed by atoms with Crippen molar-refractivity contribution in [2.45, 2.75) is 18.8 Å². The molecule has 0 spiro atoms. The predicted molar refractivity (Wildman–Crippen MR) is 45.5 cm³/mol. The third-order valence-electron chi connectivity index (χ3n) is 1.34. The Morgan fingerprint density at radius 2 is 2.50 bits per heavy atom. The maximum absolute atomic E-state index is 5.75. The van der Waals surface area contributed by atoms with E-state index in [0.717, 1.165) is 17.6 Å². The first-order valence-corrected chi connectivity index (χ1v) is 4.55. The van der Waals surface area contributed by atoms with Crippen LogP contribution in [0.25, 0.3) is 0 Å². The van der Waals surface area contributed by atoms with Gasteiger partial charge in [-0.2, -0.15) is 0 Å². The number of imidazole rings is 1. The first-order chi connectivity index (χ1) is 4.79. The minimum Gasteiger partial charge on any atom is -0.318 e. The van der Waals surface area contributed by atoms with Crippen molar-refractivity contribution in [2.24, 2.45) is 0 Å². The summed E-state index contributed by atoms with van der Waals surface area (Å²) >= 11 is 9.10. The van der Waals surface area contributed by atoms with Gasteiger partial charge in [-0.15, -0.1) is 0 Å². The summed E-state index contributed by atoms with van der Waals surface area (Å²) in [7, 11) is 0. The van der Waals surface area contributed by atoms with Gasteiger partial charge in [0.1, 0.15) is 0 Å². The van der Waals surface area contributed by atoms with E-state index in [4.69, 9.17) is 11.6 Å². The van der Waals surface area contributed by atoms with Crippen LogP contribution in [-0.4, -0.2) is 9.55 Å². The number of alkyl halides is 1. The zero-order chi connectivity index (χ0) is 7.56. The molecule has 0 amide bonds. The van der Waals surface area contributed by atoms with E-state index in [9.17, 15) is 0 Å². The van der Waals surface area contributed by atoms with Crippen molar-refractivity contribution < 1.29 is 0 Å². The molecule has 0 bridgehead atoms. The molecule has 0 aromatic carbocycles. The fourth-order valence-corrected chi connectivity index (χ4v) is 1.55. The Bertz CT molecular complexity index is 222. The second kappa shape index (κ2) is 3.39. The van der Waals surface area contributed by atoms with Gasteiger partial charge in [-0.05, 0) is 18.5 Å². The molecule has 0 saturated heterocycles. The number of halogens is 2. The van der Waals surface area contributed by atoms with Gasteiger partial charge in [-0.3, -0.25) is 0 Å². The van der Waals surface area contributed by atoms with Crippen LogP contribution >= 0.6 is 27.5 Å². The SMILES string of the molecule is CCn1c(CBr)cnc1Cl. The molecule has 2 nitrogen and oxygen atoms in total. The molecule has 0 aliphatic rings. The fourth-order valence-electron chi connectivity index (χ4n) is 0.826. The highest BCUT2D eigenvalue weighted by Crippen LogP contribution is 2.12. The molecular formula is C6H8BrClN2. The molecule has 0 aliphatic heterocycles. The van der Waals surface area contributed by atoms with Crippen LogP contribution in [0.15, 0.2) is 6.20 Å². The molecule has 56 valence electrons. The number of nitrogens with zero attached hydrogens (tertiary/aromatic N) is 2. The highest BCUT2D eigenvalue weighted by atomic mass is 79.9. The summed E-state index contributed by atoms with van der Waals surface area (Å²) in [5.74, 6) is 0. The van der Waals surface area contributed by atoms with Crippen molar-refractivity contribution in [2.75, 3.05) is 0 Å². The minimum absolute atomic E-state index is 0.567. The molecule has 1 heterocycles. The van der Waals surface area contributed by atoms with E-state index < -0.39 is 0 Å². The van der Waals surface area contributed by atoms with Crippen molar-refractivity contribution in [1.29, 1.82) is 0 Å². The van der Waals surface area contributed by atoms with Crippen LogP contribution < -0.4 is 0 Å². The summed E-state index contributed by atoms with van der Waals surface area (Å²) in [5, 5.41) is 1.37. The Balaban J connectivity index is 3.01. The Hall–Kier alpha value is -0.0200. The van der Waals surface area contributed by atoms with E-state index in [2.05, 4.69) is 20.9 Å². The molecule has 0 aliphatic carbocycles. The lowest BCUT2D eigenvalue weighted by Crippen LogP contribution is -1.97. The molecule has 10 heavy (non-hydrogen) atoms. The molecule has 0 fully saturated rings.